The SMILES string of the molecule is C=CCN(CC=C)CCNC1=C2CC(C)CC(OC)C(O)C(C)/C=C(\C)CC(OC)/C=C\C=C(/C)C(=O)NC(=CC1=O)C2=O.NC(=O)O. The highest BCUT2D eigenvalue weighted by Gasteiger charge is 2.32. The fraction of sp³-hybridized carbons (Fsp3) is 0.500. The number of nitrogens with two attached hydrogens (primary N) is 1. The van der Waals surface area contributed by atoms with Gasteiger partial charge in [0.1, 0.15) is 0 Å². The maximum absolute atomic E-state index is 13.8. The van der Waals surface area contributed by atoms with Crippen LogP contribution < -0.4 is 16.4 Å². The number of carboxylic acid groups (broad SMARTS) is 1. The van der Waals surface area contributed by atoms with E-state index in [0.717, 1.165) is 5.57 Å². The molecule has 6 N–H and O–H groups in total. The van der Waals surface area contributed by atoms with Crippen LogP contribution in [0.1, 0.15) is 47.0 Å². The minimum absolute atomic E-state index is 0.0612. The molecule has 5 atom stereocenters. The summed E-state index contributed by atoms with van der Waals surface area (Å²) in [6.07, 6.45) is 10.5. The summed E-state index contributed by atoms with van der Waals surface area (Å²) in [7, 11) is 3.18. The molecule has 5 unspecified atom stereocenters. The number of hydrogen-bond acceptors (Lipinski definition) is 9. The summed E-state index contributed by atoms with van der Waals surface area (Å²) in [5.41, 5.74) is 5.92. The predicted octanol–water partition coefficient (Wildman–Crippen LogP) is 3.57. The van der Waals surface area contributed by atoms with Crippen molar-refractivity contribution in [3.63, 3.8) is 0 Å². The average Bonchev–Trinajstić information content (AvgIpc) is 3.01. The largest absolute Gasteiger partial charge is 0.465 e. The Morgan fingerprint density at radius 1 is 1.12 bits per heavy atom. The van der Waals surface area contributed by atoms with Gasteiger partial charge in [-0.05, 0) is 39.0 Å². The summed E-state index contributed by atoms with van der Waals surface area (Å²) < 4.78 is 11.3. The molecule has 0 fully saturated rings. The monoisotopic (exact) mass is 670 g/mol. The van der Waals surface area contributed by atoms with Crippen LogP contribution in [0.5, 0.6) is 0 Å². The minimum atomic E-state index is -1.33. The molecular weight excluding hydrogens is 616 g/mol. The molecule has 0 aromatic heterocycles. The van der Waals surface area contributed by atoms with Crippen molar-refractivity contribution in [1.82, 2.24) is 15.5 Å². The summed E-state index contributed by atoms with van der Waals surface area (Å²) in [5.74, 6) is -1.60. The zero-order chi connectivity index (χ0) is 36.4. The molecule has 1 aliphatic carbocycles. The number of nitrogens with zero attached hydrogens (tertiary/aromatic N) is 1. The number of rotatable bonds is 10. The summed E-state index contributed by atoms with van der Waals surface area (Å²) in [6, 6.07) is 0. The second-order valence-electron chi connectivity index (χ2n) is 12.1. The zero-order valence-corrected chi connectivity index (χ0v) is 29.2. The van der Waals surface area contributed by atoms with E-state index in [-0.39, 0.29) is 41.5 Å². The number of fused-ring (bicyclic) bond motifs is 2. The molecular formula is C36H54N4O8. The molecule has 1 heterocycles. The van der Waals surface area contributed by atoms with Crippen LogP contribution in [0.3, 0.4) is 0 Å². The number of carbonyl (C=O) groups is 4. The Morgan fingerprint density at radius 3 is 2.31 bits per heavy atom. The highest BCUT2D eigenvalue weighted by molar-refractivity contribution is 6.23. The lowest BCUT2D eigenvalue weighted by atomic mass is 9.85. The number of primary amides is 1. The van der Waals surface area contributed by atoms with Crippen LogP contribution in [-0.4, -0.2) is 97.4 Å². The van der Waals surface area contributed by atoms with Crippen LogP contribution in [0.2, 0.25) is 0 Å². The second kappa shape index (κ2) is 21.7. The molecule has 266 valence electrons. The summed E-state index contributed by atoms with van der Waals surface area (Å²) in [6.45, 7) is 17.5. The number of nitrogens with one attached hydrogen (secondary N) is 2. The number of aliphatic hydroxyl groups excluding tert-OH is 1. The standard InChI is InChI=1S/C35H51N3O6.CH3NO2/c1-9-15-38(16-10-2)17-14-36-32-28-20-24(4)21-31(44-8)33(40)26(6)18-23(3)19-27(43-7)13-11-12-25(5)35(42)37-29(34(28)41)22-30(32)39;2-1(3)4/h9-13,18,22,24,26-27,31,33,36,40H,1-2,14-17,19-21H2,3-8H3,(H,37,42);2H2,(H,3,4)/b13-11-,23-18+,25-12+;. The van der Waals surface area contributed by atoms with Crippen LogP contribution in [0.15, 0.2) is 83.8 Å². The molecule has 0 spiro atoms. The molecule has 2 rings (SSSR count). The molecule has 48 heavy (non-hydrogen) atoms. The van der Waals surface area contributed by atoms with Gasteiger partial charge in [0.25, 0.3) is 5.91 Å². The Balaban J connectivity index is 0.00000272. The van der Waals surface area contributed by atoms with Gasteiger partial charge >= 0.3 is 6.09 Å². The van der Waals surface area contributed by atoms with Crippen LogP contribution in [0, 0.1) is 11.8 Å². The van der Waals surface area contributed by atoms with Crippen LogP contribution in [0.25, 0.3) is 0 Å². The van der Waals surface area contributed by atoms with E-state index in [4.69, 9.17) is 19.4 Å². The van der Waals surface area contributed by atoms with Crippen molar-refractivity contribution in [2.75, 3.05) is 40.4 Å². The van der Waals surface area contributed by atoms with Crippen LogP contribution in [0.4, 0.5) is 4.79 Å². The van der Waals surface area contributed by atoms with Crippen molar-refractivity contribution in [2.24, 2.45) is 17.6 Å². The third-order valence-electron chi connectivity index (χ3n) is 7.91. The third kappa shape index (κ3) is 14.3. The van der Waals surface area contributed by atoms with Gasteiger partial charge in [-0.2, -0.15) is 0 Å². The van der Waals surface area contributed by atoms with Crippen molar-refractivity contribution in [3.8, 4) is 0 Å². The van der Waals surface area contributed by atoms with E-state index in [0.29, 0.717) is 50.2 Å². The van der Waals surface area contributed by atoms with E-state index in [1.807, 2.05) is 32.9 Å². The number of Topliss-reactive ketones (excluding diaryl/α,β-unsaturated/α-hetero) is 1. The minimum Gasteiger partial charge on any atom is -0.465 e. The van der Waals surface area contributed by atoms with Gasteiger partial charge < -0.3 is 36.1 Å². The highest BCUT2D eigenvalue weighted by atomic mass is 16.5. The average molecular weight is 671 g/mol. The normalized spacial score (nSPS) is 27.3. The number of allylic oxidation sites excluding steroid dienone is 4. The predicted molar refractivity (Wildman–Crippen MR) is 187 cm³/mol. The molecule has 0 aromatic carbocycles. The second-order valence-corrected chi connectivity index (χ2v) is 12.1. The van der Waals surface area contributed by atoms with E-state index in [1.165, 1.54) is 6.08 Å². The molecule has 1 aliphatic heterocycles. The first-order valence-corrected chi connectivity index (χ1v) is 16.0. The summed E-state index contributed by atoms with van der Waals surface area (Å²) >= 11 is 0. The lowest BCUT2D eigenvalue weighted by molar-refractivity contribution is -0.120. The lowest BCUT2D eigenvalue weighted by Gasteiger charge is -2.29. The quantitative estimate of drug-likeness (QED) is 0.170. The van der Waals surface area contributed by atoms with E-state index in [9.17, 15) is 19.5 Å². The number of hydrogen-bond donors (Lipinski definition) is 5. The van der Waals surface area contributed by atoms with Gasteiger partial charge in [0, 0.05) is 63.5 Å². The van der Waals surface area contributed by atoms with Gasteiger partial charge in [-0.25, -0.2) is 4.79 Å². The van der Waals surface area contributed by atoms with E-state index >= 15 is 0 Å². The van der Waals surface area contributed by atoms with Crippen LogP contribution >= 0.6 is 0 Å². The fourth-order valence-corrected chi connectivity index (χ4v) is 5.46. The molecule has 12 heteroatoms. The van der Waals surface area contributed by atoms with Gasteiger partial charge in [0.2, 0.25) is 11.6 Å². The number of carbonyl (C=O) groups excluding carboxylic acids is 3. The van der Waals surface area contributed by atoms with Crippen molar-refractivity contribution in [3.05, 3.63) is 83.8 Å². The van der Waals surface area contributed by atoms with Crippen LogP contribution in [-0.2, 0) is 23.9 Å². The first-order chi connectivity index (χ1) is 22.7. The maximum Gasteiger partial charge on any atom is 0.402 e. The zero-order valence-electron chi connectivity index (χ0n) is 29.2. The molecule has 0 aromatic rings. The molecule has 2 amide bonds. The van der Waals surface area contributed by atoms with Gasteiger partial charge in [-0.3, -0.25) is 19.3 Å². The Hall–Kier alpha value is -4.10. The molecule has 0 radical (unpaired) electrons. The Bertz CT molecular complexity index is 1300. The highest BCUT2D eigenvalue weighted by Crippen LogP contribution is 2.28. The topological polar surface area (TPSA) is 181 Å². The number of ether oxygens (including phenoxy) is 2. The summed E-state index contributed by atoms with van der Waals surface area (Å²) in [5, 5.41) is 24.3. The lowest BCUT2D eigenvalue weighted by Crippen LogP contribution is -2.39. The van der Waals surface area contributed by atoms with E-state index in [1.54, 1.807) is 45.4 Å². The number of methoxy groups -OCH3 is 2. The molecule has 12 nitrogen and oxygen atoms in total. The van der Waals surface area contributed by atoms with Gasteiger partial charge in [0.15, 0.2) is 0 Å². The maximum atomic E-state index is 13.8. The van der Waals surface area contributed by atoms with Crippen molar-refractivity contribution in [1.29, 1.82) is 0 Å². The van der Waals surface area contributed by atoms with E-state index in [2.05, 4.69) is 34.4 Å². The molecule has 2 bridgehead atoms. The van der Waals surface area contributed by atoms with Gasteiger partial charge in [-0.1, -0.05) is 55.9 Å². The smallest absolute Gasteiger partial charge is 0.402 e. The first-order valence-electron chi connectivity index (χ1n) is 16.0. The van der Waals surface area contributed by atoms with Gasteiger partial charge in [0.05, 0.1) is 29.7 Å². The first kappa shape index (κ1) is 41.9. The summed E-state index contributed by atoms with van der Waals surface area (Å²) in [4.78, 5) is 51.1. The van der Waals surface area contributed by atoms with Gasteiger partial charge in [-0.15, -0.1) is 13.2 Å². The van der Waals surface area contributed by atoms with E-state index < -0.39 is 30.0 Å². The molecule has 0 saturated heterocycles. The Labute approximate surface area is 284 Å². The number of ketones is 2. The van der Waals surface area contributed by atoms with Crippen molar-refractivity contribution in [2.45, 2.75) is 65.3 Å². The Kier molecular flexibility index (Phi) is 19.0. The Morgan fingerprint density at radius 2 is 1.75 bits per heavy atom. The number of aliphatic hydroxyl groups is 1. The fourth-order valence-electron chi connectivity index (χ4n) is 5.46. The number of amides is 2. The van der Waals surface area contributed by atoms with Crippen molar-refractivity contribution >= 4 is 23.6 Å². The molecule has 2 aliphatic rings. The third-order valence-corrected chi connectivity index (χ3v) is 7.91. The van der Waals surface area contributed by atoms with Crippen molar-refractivity contribution < 1.29 is 38.9 Å². The molecule has 0 saturated carbocycles.